The highest BCUT2D eigenvalue weighted by Gasteiger charge is 2.20. The Hall–Kier alpha value is -0.500. The number of aromatic carboxylic acids is 1. The van der Waals surface area contributed by atoms with Gasteiger partial charge in [0.25, 0.3) is 6.43 Å². The maximum Gasteiger partial charge on any atom is 0.355 e. The average Bonchev–Trinajstić information content (AvgIpc) is 2.07. The van der Waals surface area contributed by atoms with Crippen molar-refractivity contribution in [1.29, 1.82) is 0 Å². The molecule has 0 fully saturated rings. The number of aromatic nitrogens is 1. The van der Waals surface area contributed by atoms with E-state index in [2.05, 4.69) is 4.98 Å². The van der Waals surface area contributed by atoms with E-state index < -0.39 is 23.7 Å². The molecule has 0 saturated heterocycles. The van der Waals surface area contributed by atoms with Gasteiger partial charge < -0.3 is 5.11 Å². The average molecular weight is 333 g/mol. The molecule has 1 heterocycles. The van der Waals surface area contributed by atoms with E-state index in [0.29, 0.717) is 0 Å². The minimum Gasteiger partial charge on any atom is -0.476 e. The quantitative estimate of drug-likeness (QED) is 0.669. The van der Waals surface area contributed by atoms with Gasteiger partial charge in [-0.3, -0.25) is 0 Å². The van der Waals surface area contributed by atoms with Gasteiger partial charge in [-0.05, 0) is 28.7 Å². The van der Waals surface area contributed by atoms with Crippen LogP contribution in [-0.2, 0) is 0 Å². The molecule has 0 saturated carbocycles. The Bertz CT molecular complexity index is 386. The molecule has 0 aliphatic rings. The SMILES string of the molecule is O=C(O)c1nc(Cl)cc(C(F)F)c1I. The van der Waals surface area contributed by atoms with Crippen LogP contribution < -0.4 is 0 Å². The van der Waals surface area contributed by atoms with Crippen molar-refractivity contribution in [2.45, 2.75) is 6.43 Å². The lowest BCUT2D eigenvalue weighted by molar-refractivity contribution is 0.0688. The smallest absolute Gasteiger partial charge is 0.355 e. The molecule has 0 unspecified atom stereocenters. The summed E-state index contributed by atoms with van der Waals surface area (Å²) in [7, 11) is 0. The van der Waals surface area contributed by atoms with Crippen LogP contribution in [0, 0.1) is 3.57 Å². The van der Waals surface area contributed by atoms with Gasteiger partial charge in [0, 0.05) is 5.56 Å². The Balaban J connectivity index is 3.40. The lowest BCUT2D eigenvalue weighted by atomic mass is 10.2. The van der Waals surface area contributed by atoms with Crippen molar-refractivity contribution >= 4 is 40.2 Å². The Morgan fingerprint density at radius 3 is 2.64 bits per heavy atom. The number of nitrogens with zero attached hydrogens (tertiary/aromatic N) is 1. The van der Waals surface area contributed by atoms with Crippen LogP contribution in [0.4, 0.5) is 8.78 Å². The van der Waals surface area contributed by atoms with E-state index in [-0.39, 0.29) is 8.72 Å². The Labute approximate surface area is 96.2 Å². The van der Waals surface area contributed by atoms with Crippen molar-refractivity contribution in [3.8, 4) is 0 Å². The van der Waals surface area contributed by atoms with Crippen LogP contribution in [0.25, 0.3) is 0 Å². The van der Waals surface area contributed by atoms with Crippen LogP contribution in [0.1, 0.15) is 22.5 Å². The van der Waals surface area contributed by atoms with Crippen LogP contribution in [0.15, 0.2) is 6.07 Å². The van der Waals surface area contributed by atoms with E-state index >= 15 is 0 Å². The summed E-state index contributed by atoms with van der Waals surface area (Å²) in [6.07, 6.45) is -2.76. The number of pyridine rings is 1. The molecule has 7 heteroatoms. The first-order chi connectivity index (χ1) is 6.43. The third-order valence-electron chi connectivity index (χ3n) is 1.39. The van der Waals surface area contributed by atoms with Crippen molar-refractivity contribution in [3.05, 3.63) is 26.0 Å². The van der Waals surface area contributed by atoms with E-state index in [0.717, 1.165) is 6.07 Å². The molecule has 1 N–H and O–H groups in total. The van der Waals surface area contributed by atoms with Crippen LogP contribution in [0.5, 0.6) is 0 Å². The molecule has 1 rings (SSSR count). The molecular formula is C7H3ClF2INO2. The zero-order chi connectivity index (χ0) is 10.9. The molecule has 1 aromatic heterocycles. The number of carbonyl (C=O) groups is 1. The molecule has 1 aromatic rings. The van der Waals surface area contributed by atoms with E-state index in [1.54, 1.807) is 0 Å². The van der Waals surface area contributed by atoms with Gasteiger partial charge in [0.2, 0.25) is 0 Å². The largest absolute Gasteiger partial charge is 0.476 e. The molecule has 0 radical (unpaired) electrons. The van der Waals surface area contributed by atoms with Gasteiger partial charge in [-0.15, -0.1) is 0 Å². The van der Waals surface area contributed by atoms with Gasteiger partial charge in [-0.1, -0.05) is 11.6 Å². The number of hydrogen-bond donors (Lipinski definition) is 1. The van der Waals surface area contributed by atoms with Crippen molar-refractivity contribution in [2.75, 3.05) is 0 Å². The fourth-order valence-electron chi connectivity index (χ4n) is 0.817. The van der Waals surface area contributed by atoms with E-state index in [9.17, 15) is 13.6 Å². The summed E-state index contributed by atoms with van der Waals surface area (Å²) in [5.41, 5.74) is -0.864. The topological polar surface area (TPSA) is 50.2 Å². The van der Waals surface area contributed by atoms with Gasteiger partial charge in [0.1, 0.15) is 5.15 Å². The number of carboxylic acids is 1. The third kappa shape index (κ3) is 2.30. The van der Waals surface area contributed by atoms with Gasteiger partial charge in [0.15, 0.2) is 5.69 Å². The van der Waals surface area contributed by atoms with Crippen molar-refractivity contribution < 1.29 is 18.7 Å². The minimum atomic E-state index is -2.76. The van der Waals surface area contributed by atoms with Crippen LogP contribution in [0.2, 0.25) is 5.15 Å². The second-order valence-corrected chi connectivity index (χ2v) is 3.77. The molecular weight excluding hydrogens is 330 g/mol. The summed E-state index contributed by atoms with van der Waals surface area (Å²) in [5.74, 6) is -1.38. The zero-order valence-corrected chi connectivity index (χ0v) is 9.38. The lowest BCUT2D eigenvalue weighted by Crippen LogP contribution is -2.07. The normalized spacial score (nSPS) is 10.6. The number of rotatable bonds is 2. The van der Waals surface area contributed by atoms with Crippen LogP contribution >= 0.6 is 34.2 Å². The van der Waals surface area contributed by atoms with E-state index in [1.807, 2.05) is 0 Å². The Morgan fingerprint density at radius 1 is 1.64 bits per heavy atom. The predicted octanol–water partition coefficient (Wildman–Crippen LogP) is 2.98. The fourth-order valence-corrected chi connectivity index (χ4v) is 1.76. The highest BCUT2D eigenvalue weighted by molar-refractivity contribution is 14.1. The number of alkyl halides is 2. The van der Waals surface area contributed by atoms with Gasteiger partial charge in [-0.2, -0.15) is 0 Å². The molecule has 0 aromatic carbocycles. The summed E-state index contributed by atoms with van der Waals surface area (Å²) in [6, 6.07) is 0.959. The number of hydrogen-bond acceptors (Lipinski definition) is 2. The number of halogens is 4. The van der Waals surface area contributed by atoms with E-state index in [1.165, 1.54) is 22.6 Å². The van der Waals surface area contributed by atoms with Crippen molar-refractivity contribution in [1.82, 2.24) is 4.98 Å². The summed E-state index contributed by atoms with van der Waals surface area (Å²) >= 11 is 6.91. The molecule has 14 heavy (non-hydrogen) atoms. The van der Waals surface area contributed by atoms with Crippen molar-refractivity contribution in [3.63, 3.8) is 0 Å². The molecule has 0 atom stereocenters. The predicted molar refractivity (Wildman–Crippen MR) is 53.9 cm³/mol. The standard InChI is InChI=1S/C7H3ClF2INO2/c8-3-1-2(6(9)10)4(11)5(12-3)7(13)14/h1,6H,(H,13,14). The monoisotopic (exact) mass is 333 g/mol. The van der Waals surface area contributed by atoms with E-state index in [4.69, 9.17) is 16.7 Å². The first-order valence-corrected chi connectivity index (χ1v) is 4.76. The summed E-state index contributed by atoms with van der Waals surface area (Å²) in [5, 5.41) is 8.37. The molecule has 76 valence electrons. The minimum absolute atomic E-state index is 0.0884. The molecule has 0 bridgehead atoms. The highest BCUT2D eigenvalue weighted by atomic mass is 127. The molecule has 0 aliphatic carbocycles. The first kappa shape index (κ1) is 11.6. The van der Waals surface area contributed by atoms with Crippen LogP contribution in [-0.4, -0.2) is 16.1 Å². The van der Waals surface area contributed by atoms with Gasteiger partial charge in [0.05, 0.1) is 3.57 Å². The third-order valence-corrected chi connectivity index (χ3v) is 2.72. The number of carboxylic acid groups (broad SMARTS) is 1. The fraction of sp³-hybridized carbons (Fsp3) is 0.143. The maximum absolute atomic E-state index is 12.4. The Kier molecular flexibility index (Phi) is 3.59. The Morgan fingerprint density at radius 2 is 2.21 bits per heavy atom. The lowest BCUT2D eigenvalue weighted by Gasteiger charge is -2.06. The van der Waals surface area contributed by atoms with Crippen molar-refractivity contribution in [2.24, 2.45) is 0 Å². The van der Waals surface area contributed by atoms with Gasteiger partial charge in [-0.25, -0.2) is 18.6 Å². The highest BCUT2D eigenvalue weighted by Crippen LogP contribution is 2.28. The first-order valence-electron chi connectivity index (χ1n) is 3.31. The maximum atomic E-state index is 12.4. The second kappa shape index (κ2) is 4.35. The van der Waals surface area contributed by atoms with Crippen LogP contribution in [0.3, 0.4) is 0 Å². The zero-order valence-electron chi connectivity index (χ0n) is 6.47. The summed E-state index contributed by atoms with van der Waals surface area (Å²) in [4.78, 5) is 14.0. The molecule has 3 nitrogen and oxygen atoms in total. The van der Waals surface area contributed by atoms with Gasteiger partial charge >= 0.3 is 5.97 Å². The molecule has 0 aliphatic heterocycles. The molecule has 0 amide bonds. The molecule has 0 spiro atoms. The summed E-state index contributed by atoms with van der Waals surface area (Å²) < 4.78 is 24.6. The summed E-state index contributed by atoms with van der Waals surface area (Å²) in [6.45, 7) is 0. The second-order valence-electron chi connectivity index (χ2n) is 2.30.